The molecule has 1 saturated heterocycles. The van der Waals surface area contributed by atoms with E-state index in [0.717, 1.165) is 24.6 Å². The fraction of sp³-hybridized carbons (Fsp3) is 0.600. The normalized spacial score (nSPS) is 20.2. The van der Waals surface area contributed by atoms with Gasteiger partial charge in [-0.1, -0.05) is 12.1 Å². The maximum Gasteiger partial charge on any atom is 0.118 e. The molecule has 0 amide bonds. The number of methoxy groups -OCH3 is 1. The molecule has 1 aromatic carbocycles. The summed E-state index contributed by atoms with van der Waals surface area (Å²) in [6.45, 7) is 4.82. The molecule has 1 unspecified atom stereocenters. The van der Waals surface area contributed by atoms with Crippen molar-refractivity contribution in [1.82, 2.24) is 10.2 Å². The molecule has 0 spiro atoms. The number of nitrogens with one attached hydrogen (secondary N) is 1. The van der Waals surface area contributed by atoms with Crippen LogP contribution in [0.3, 0.4) is 0 Å². The zero-order valence-electron chi connectivity index (χ0n) is 11.5. The van der Waals surface area contributed by atoms with Crippen LogP contribution in [0.5, 0.6) is 5.75 Å². The molecule has 0 bridgehead atoms. The highest BCUT2D eigenvalue weighted by molar-refractivity contribution is 5.27. The Morgan fingerprint density at radius 3 is 2.78 bits per heavy atom. The van der Waals surface area contributed by atoms with E-state index < -0.39 is 0 Å². The third kappa shape index (κ3) is 3.72. The average molecular weight is 248 g/mol. The van der Waals surface area contributed by atoms with Crippen molar-refractivity contribution in [3.63, 3.8) is 0 Å². The van der Waals surface area contributed by atoms with Gasteiger partial charge in [-0.2, -0.15) is 0 Å². The van der Waals surface area contributed by atoms with Crippen LogP contribution in [-0.4, -0.2) is 45.2 Å². The van der Waals surface area contributed by atoms with Crippen LogP contribution in [0.2, 0.25) is 0 Å². The largest absolute Gasteiger partial charge is 0.497 e. The molecule has 1 aliphatic rings. The maximum absolute atomic E-state index is 5.17. The van der Waals surface area contributed by atoms with E-state index in [-0.39, 0.29) is 0 Å². The zero-order valence-corrected chi connectivity index (χ0v) is 11.5. The Morgan fingerprint density at radius 1 is 1.33 bits per heavy atom. The first-order chi connectivity index (χ1) is 8.81. The molecule has 0 aromatic heterocycles. The highest BCUT2D eigenvalue weighted by Crippen LogP contribution is 2.17. The Balaban J connectivity index is 1.74. The minimum Gasteiger partial charge on any atom is -0.497 e. The van der Waals surface area contributed by atoms with E-state index in [1.807, 2.05) is 19.2 Å². The lowest BCUT2D eigenvalue weighted by Gasteiger charge is -2.16. The second kappa shape index (κ2) is 6.76. The molecular weight excluding hydrogens is 224 g/mol. The zero-order chi connectivity index (χ0) is 12.8. The lowest BCUT2D eigenvalue weighted by molar-refractivity contribution is 0.327. The van der Waals surface area contributed by atoms with Crippen molar-refractivity contribution in [2.75, 3.05) is 40.3 Å². The molecule has 1 fully saturated rings. The summed E-state index contributed by atoms with van der Waals surface area (Å²) < 4.78 is 5.17. The number of hydrogen-bond acceptors (Lipinski definition) is 3. The quantitative estimate of drug-likeness (QED) is 0.830. The van der Waals surface area contributed by atoms with E-state index >= 15 is 0 Å². The number of rotatable bonds is 6. The number of benzene rings is 1. The second-order valence-corrected chi connectivity index (χ2v) is 5.11. The van der Waals surface area contributed by atoms with Crippen molar-refractivity contribution < 1.29 is 4.74 Å². The van der Waals surface area contributed by atoms with E-state index in [0.29, 0.717) is 0 Å². The van der Waals surface area contributed by atoms with Crippen molar-refractivity contribution in [2.45, 2.75) is 12.8 Å². The molecule has 3 heteroatoms. The van der Waals surface area contributed by atoms with E-state index in [4.69, 9.17) is 4.74 Å². The minimum atomic E-state index is 0.839. The van der Waals surface area contributed by atoms with Crippen molar-refractivity contribution in [1.29, 1.82) is 0 Å². The summed E-state index contributed by atoms with van der Waals surface area (Å²) in [5.74, 6) is 1.78. The Bertz CT molecular complexity index is 350. The molecule has 0 radical (unpaired) electrons. The van der Waals surface area contributed by atoms with E-state index in [1.54, 1.807) is 7.11 Å². The second-order valence-electron chi connectivity index (χ2n) is 5.11. The monoisotopic (exact) mass is 248 g/mol. The summed E-state index contributed by atoms with van der Waals surface area (Å²) >= 11 is 0. The molecule has 100 valence electrons. The van der Waals surface area contributed by atoms with E-state index in [2.05, 4.69) is 22.3 Å². The molecule has 1 aromatic rings. The summed E-state index contributed by atoms with van der Waals surface area (Å²) in [6.07, 6.45) is 2.47. The van der Waals surface area contributed by atoms with Gasteiger partial charge in [0.1, 0.15) is 5.75 Å². The summed E-state index contributed by atoms with van der Waals surface area (Å²) in [4.78, 5) is 2.58. The van der Waals surface area contributed by atoms with Gasteiger partial charge in [-0.05, 0) is 56.6 Å². The van der Waals surface area contributed by atoms with Crippen LogP contribution in [0, 0.1) is 5.92 Å². The van der Waals surface area contributed by atoms with Gasteiger partial charge in [-0.15, -0.1) is 0 Å². The third-order valence-electron chi connectivity index (χ3n) is 3.74. The highest BCUT2D eigenvalue weighted by atomic mass is 16.5. The summed E-state index contributed by atoms with van der Waals surface area (Å²) in [5, 5.41) is 3.28. The van der Waals surface area contributed by atoms with Gasteiger partial charge in [-0.25, -0.2) is 0 Å². The first-order valence-corrected chi connectivity index (χ1v) is 6.81. The number of nitrogens with zero attached hydrogens (tertiary/aromatic N) is 1. The van der Waals surface area contributed by atoms with Gasteiger partial charge in [-0.3, -0.25) is 0 Å². The fourth-order valence-electron chi connectivity index (χ4n) is 2.65. The van der Waals surface area contributed by atoms with Crippen LogP contribution in [0.15, 0.2) is 24.3 Å². The van der Waals surface area contributed by atoms with Crippen LogP contribution in [0.25, 0.3) is 0 Å². The summed E-state index contributed by atoms with van der Waals surface area (Å²) in [5.41, 5.74) is 1.40. The highest BCUT2D eigenvalue weighted by Gasteiger charge is 2.20. The molecule has 1 aliphatic heterocycles. The summed E-state index contributed by atoms with van der Waals surface area (Å²) in [7, 11) is 3.75. The van der Waals surface area contributed by atoms with E-state index in [9.17, 15) is 0 Å². The molecule has 3 nitrogen and oxygen atoms in total. The fourth-order valence-corrected chi connectivity index (χ4v) is 2.65. The van der Waals surface area contributed by atoms with Crippen molar-refractivity contribution >= 4 is 0 Å². The Labute approximate surface area is 110 Å². The van der Waals surface area contributed by atoms with Crippen LogP contribution < -0.4 is 10.1 Å². The minimum absolute atomic E-state index is 0.839. The predicted molar refractivity (Wildman–Crippen MR) is 75.2 cm³/mol. The smallest absolute Gasteiger partial charge is 0.118 e. The predicted octanol–water partition coefficient (Wildman–Crippen LogP) is 1.78. The maximum atomic E-state index is 5.17. The lowest BCUT2D eigenvalue weighted by Crippen LogP contribution is -2.26. The molecule has 0 aliphatic carbocycles. The molecular formula is C15H24N2O. The standard InChI is InChI=1S/C15H24N2O/c1-16-11-14-8-10-17(12-14)9-7-13-3-5-15(18-2)6-4-13/h3-6,14,16H,7-12H2,1-2H3. The third-order valence-corrected chi connectivity index (χ3v) is 3.74. The van der Waals surface area contributed by atoms with Gasteiger partial charge in [0.15, 0.2) is 0 Å². The molecule has 1 atom stereocenters. The van der Waals surface area contributed by atoms with Gasteiger partial charge >= 0.3 is 0 Å². The summed E-state index contributed by atoms with van der Waals surface area (Å²) in [6, 6.07) is 8.42. The van der Waals surface area contributed by atoms with Gasteiger partial charge in [0.2, 0.25) is 0 Å². The molecule has 2 rings (SSSR count). The van der Waals surface area contributed by atoms with Crippen LogP contribution >= 0.6 is 0 Å². The lowest BCUT2D eigenvalue weighted by atomic mass is 10.1. The SMILES string of the molecule is CNCC1CCN(CCc2ccc(OC)cc2)C1. The van der Waals surface area contributed by atoms with E-state index in [1.165, 1.54) is 31.6 Å². The Kier molecular flexibility index (Phi) is 5.02. The van der Waals surface area contributed by atoms with Crippen molar-refractivity contribution in [3.8, 4) is 5.75 Å². The molecule has 1 N–H and O–H groups in total. The number of hydrogen-bond donors (Lipinski definition) is 1. The number of likely N-dealkylation sites (tertiary alicyclic amines) is 1. The van der Waals surface area contributed by atoms with Gasteiger partial charge < -0.3 is 15.0 Å². The van der Waals surface area contributed by atoms with Crippen LogP contribution in [0.4, 0.5) is 0 Å². The van der Waals surface area contributed by atoms with Gasteiger partial charge in [0, 0.05) is 13.1 Å². The van der Waals surface area contributed by atoms with Gasteiger partial charge in [0.05, 0.1) is 7.11 Å². The molecule has 1 heterocycles. The van der Waals surface area contributed by atoms with Crippen molar-refractivity contribution in [3.05, 3.63) is 29.8 Å². The molecule has 0 saturated carbocycles. The average Bonchev–Trinajstić information content (AvgIpc) is 2.85. The number of ether oxygens (including phenoxy) is 1. The van der Waals surface area contributed by atoms with Crippen LogP contribution in [-0.2, 0) is 6.42 Å². The first-order valence-electron chi connectivity index (χ1n) is 6.81. The van der Waals surface area contributed by atoms with Crippen LogP contribution in [0.1, 0.15) is 12.0 Å². The topological polar surface area (TPSA) is 24.5 Å². The Morgan fingerprint density at radius 2 is 2.11 bits per heavy atom. The first kappa shape index (κ1) is 13.4. The van der Waals surface area contributed by atoms with Gasteiger partial charge in [0.25, 0.3) is 0 Å². The van der Waals surface area contributed by atoms with Crippen molar-refractivity contribution in [2.24, 2.45) is 5.92 Å². The Hall–Kier alpha value is -1.06. The molecule has 18 heavy (non-hydrogen) atoms.